The summed E-state index contributed by atoms with van der Waals surface area (Å²) in [7, 11) is 1.62. The van der Waals surface area contributed by atoms with Gasteiger partial charge in [0.1, 0.15) is 17.2 Å². The zero-order chi connectivity index (χ0) is 10.4. The molecule has 0 radical (unpaired) electrons. The van der Waals surface area contributed by atoms with Crippen LogP contribution in [-0.2, 0) is 4.74 Å². The molecule has 0 aliphatic carbocycles. The molecule has 1 aromatic rings. The SMILES string of the molecule is COCC(CN)Nc1ncncc1Cl. The third-order valence-corrected chi connectivity index (χ3v) is 1.94. The van der Waals surface area contributed by atoms with E-state index in [1.807, 2.05) is 0 Å². The lowest BCUT2D eigenvalue weighted by Crippen LogP contribution is -2.33. The highest BCUT2D eigenvalue weighted by molar-refractivity contribution is 6.32. The van der Waals surface area contributed by atoms with Gasteiger partial charge in [-0.15, -0.1) is 0 Å². The molecule has 1 atom stereocenters. The zero-order valence-electron chi connectivity index (χ0n) is 7.90. The van der Waals surface area contributed by atoms with Gasteiger partial charge in [-0.25, -0.2) is 9.97 Å². The number of anilines is 1. The Morgan fingerprint density at radius 1 is 1.71 bits per heavy atom. The molecule has 1 heterocycles. The van der Waals surface area contributed by atoms with Gasteiger partial charge in [-0.1, -0.05) is 11.6 Å². The van der Waals surface area contributed by atoms with Crippen LogP contribution >= 0.6 is 11.6 Å². The van der Waals surface area contributed by atoms with Gasteiger partial charge in [0.05, 0.1) is 18.8 Å². The Morgan fingerprint density at radius 3 is 3.07 bits per heavy atom. The van der Waals surface area contributed by atoms with Crippen molar-refractivity contribution in [3.63, 3.8) is 0 Å². The van der Waals surface area contributed by atoms with E-state index in [0.717, 1.165) is 0 Å². The van der Waals surface area contributed by atoms with Crippen molar-refractivity contribution < 1.29 is 4.74 Å². The van der Waals surface area contributed by atoms with Gasteiger partial charge in [0.15, 0.2) is 0 Å². The summed E-state index contributed by atoms with van der Waals surface area (Å²) in [5.74, 6) is 0.578. The third kappa shape index (κ3) is 3.10. The molecule has 0 fully saturated rings. The molecule has 1 unspecified atom stereocenters. The van der Waals surface area contributed by atoms with Crippen LogP contribution in [0.2, 0.25) is 5.02 Å². The predicted octanol–water partition coefficient (Wildman–Crippen LogP) is 0.516. The van der Waals surface area contributed by atoms with Gasteiger partial charge >= 0.3 is 0 Å². The average molecular weight is 217 g/mol. The molecule has 78 valence electrons. The lowest BCUT2D eigenvalue weighted by Gasteiger charge is -2.16. The number of hydrogen-bond donors (Lipinski definition) is 2. The number of ether oxygens (including phenoxy) is 1. The molecule has 0 amide bonds. The van der Waals surface area contributed by atoms with Crippen LogP contribution in [0.4, 0.5) is 5.82 Å². The van der Waals surface area contributed by atoms with Crippen LogP contribution in [0, 0.1) is 0 Å². The molecular weight excluding hydrogens is 204 g/mol. The number of hydrogen-bond acceptors (Lipinski definition) is 5. The van der Waals surface area contributed by atoms with Crippen molar-refractivity contribution in [1.82, 2.24) is 9.97 Å². The second-order valence-corrected chi connectivity index (χ2v) is 3.16. The summed E-state index contributed by atoms with van der Waals surface area (Å²) in [6.07, 6.45) is 2.95. The zero-order valence-corrected chi connectivity index (χ0v) is 8.66. The number of rotatable bonds is 5. The van der Waals surface area contributed by atoms with E-state index >= 15 is 0 Å². The number of aromatic nitrogens is 2. The highest BCUT2D eigenvalue weighted by atomic mass is 35.5. The molecule has 14 heavy (non-hydrogen) atoms. The van der Waals surface area contributed by atoms with E-state index in [-0.39, 0.29) is 6.04 Å². The first-order valence-electron chi connectivity index (χ1n) is 4.19. The maximum Gasteiger partial charge on any atom is 0.148 e. The summed E-state index contributed by atoms with van der Waals surface area (Å²) in [5.41, 5.74) is 5.53. The van der Waals surface area contributed by atoms with Crippen LogP contribution in [0.15, 0.2) is 12.5 Å². The topological polar surface area (TPSA) is 73.1 Å². The Labute approximate surface area is 87.6 Å². The normalized spacial score (nSPS) is 12.5. The van der Waals surface area contributed by atoms with Crippen LogP contribution in [0.1, 0.15) is 0 Å². The van der Waals surface area contributed by atoms with E-state index in [1.165, 1.54) is 12.5 Å². The van der Waals surface area contributed by atoms with E-state index in [9.17, 15) is 0 Å². The Balaban J connectivity index is 2.62. The van der Waals surface area contributed by atoms with Crippen molar-refractivity contribution in [2.24, 2.45) is 5.73 Å². The molecule has 5 nitrogen and oxygen atoms in total. The summed E-state index contributed by atoms with van der Waals surface area (Å²) >= 11 is 5.86. The molecule has 0 spiro atoms. The highest BCUT2D eigenvalue weighted by Gasteiger charge is 2.08. The molecule has 1 rings (SSSR count). The second kappa shape index (κ2) is 5.74. The first-order valence-corrected chi connectivity index (χ1v) is 4.56. The highest BCUT2D eigenvalue weighted by Crippen LogP contribution is 2.16. The number of nitrogens with two attached hydrogens (primary N) is 1. The fourth-order valence-corrected chi connectivity index (χ4v) is 1.14. The van der Waals surface area contributed by atoms with Crippen molar-refractivity contribution in [1.29, 1.82) is 0 Å². The molecule has 6 heteroatoms. The molecule has 3 N–H and O–H groups in total. The van der Waals surface area contributed by atoms with Crippen LogP contribution in [0.5, 0.6) is 0 Å². The van der Waals surface area contributed by atoms with Gasteiger partial charge in [0.25, 0.3) is 0 Å². The van der Waals surface area contributed by atoms with Crippen LogP contribution in [0.3, 0.4) is 0 Å². The van der Waals surface area contributed by atoms with Crippen molar-refractivity contribution in [2.75, 3.05) is 25.6 Å². The summed E-state index contributed by atoms with van der Waals surface area (Å²) in [5, 5.41) is 3.54. The summed E-state index contributed by atoms with van der Waals surface area (Å²) in [4.78, 5) is 7.76. The molecule has 1 aromatic heterocycles. The molecule has 0 bridgehead atoms. The molecule has 0 aliphatic heterocycles. The van der Waals surface area contributed by atoms with E-state index in [0.29, 0.717) is 24.0 Å². The van der Waals surface area contributed by atoms with E-state index in [2.05, 4.69) is 15.3 Å². The molecule has 0 aromatic carbocycles. The van der Waals surface area contributed by atoms with Gasteiger partial charge in [-0.05, 0) is 0 Å². The summed E-state index contributed by atoms with van der Waals surface area (Å²) < 4.78 is 4.98. The first-order chi connectivity index (χ1) is 6.77. The minimum absolute atomic E-state index is 0.00685. The third-order valence-electron chi connectivity index (χ3n) is 1.66. The molecular formula is C8H13ClN4O. The first kappa shape index (κ1) is 11.2. The van der Waals surface area contributed by atoms with Crippen LogP contribution in [0.25, 0.3) is 0 Å². The average Bonchev–Trinajstić information content (AvgIpc) is 2.20. The molecule has 0 aliphatic rings. The monoisotopic (exact) mass is 216 g/mol. The Hall–Kier alpha value is -0.910. The van der Waals surface area contributed by atoms with Crippen molar-refractivity contribution in [2.45, 2.75) is 6.04 Å². The minimum Gasteiger partial charge on any atom is -0.383 e. The Kier molecular flexibility index (Phi) is 4.58. The van der Waals surface area contributed by atoms with Gasteiger partial charge < -0.3 is 15.8 Å². The summed E-state index contributed by atoms with van der Waals surface area (Å²) in [6.45, 7) is 0.963. The number of nitrogens with one attached hydrogen (secondary N) is 1. The van der Waals surface area contributed by atoms with Crippen molar-refractivity contribution in [3.8, 4) is 0 Å². The standard InChI is InChI=1S/C8H13ClN4O/c1-14-4-6(2-10)13-8-7(9)3-11-5-12-8/h3,5-6H,2,4,10H2,1H3,(H,11,12,13). The van der Waals surface area contributed by atoms with Gasteiger partial charge in [-0.2, -0.15) is 0 Å². The maximum atomic E-state index is 5.86. The fourth-order valence-electron chi connectivity index (χ4n) is 0.982. The Bertz CT molecular complexity index is 284. The lowest BCUT2D eigenvalue weighted by atomic mass is 10.3. The number of methoxy groups -OCH3 is 1. The quantitative estimate of drug-likeness (QED) is 0.751. The fraction of sp³-hybridized carbons (Fsp3) is 0.500. The smallest absolute Gasteiger partial charge is 0.148 e. The lowest BCUT2D eigenvalue weighted by molar-refractivity contribution is 0.187. The Morgan fingerprint density at radius 2 is 2.50 bits per heavy atom. The summed E-state index contributed by atoms with van der Waals surface area (Å²) in [6, 6.07) is 0.00685. The number of nitrogens with zero attached hydrogens (tertiary/aromatic N) is 2. The van der Waals surface area contributed by atoms with E-state index in [4.69, 9.17) is 22.1 Å². The van der Waals surface area contributed by atoms with Gasteiger partial charge in [-0.3, -0.25) is 0 Å². The molecule has 0 saturated heterocycles. The maximum absolute atomic E-state index is 5.86. The van der Waals surface area contributed by atoms with Crippen molar-refractivity contribution in [3.05, 3.63) is 17.5 Å². The van der Waals surface area contributed by atoms with Crippen molar-refractivity contribution >= 4 is 17.4 Å². The van der Waals surface area contributed by atoms with Crippen LogP contribution < -0.4 is 11.1 Å². The largest absolute Gasteiger partial charge is 0.383 e. The number of halogens is 1. The minimum atomic E-state index is 0.00685. The van der Waals surface area contributed by atoms with Crippen LogP contribution in [-0.4, -0.2) is 36.3 Å². The van der Waals surface area contributed by atoms with Gasteiger partial charge in [0.2, 0.25) is 0 Å². The van der Waals surface area contributed by atoms with E-state index in [1.54, 1.807) is 7.11 Å². The predicted molar refractivity (Wildman–Crippen MR) is 55.4 cm³/mol. The van der Waals surface area contributed by atoms with Gasteiger partial charge in [0, 0.05) is 13.7 Å². The van der Waals surface area contributed by atoms with E-state index < -0.39 is 0 Å². The second-order valence-electron chi connectivity index (χ2n) is 2.75. The molecule has 0 saturated carbocycles.